The van der Waals surface area contributed by atoms with Crippen molar-refractivity contribution in [2.75, 3.05) is 0 Å². The summed E-state index contributed by atoms with van der Waals surface area (Å²) >= 11 is 0. The molecule has 0 radical (unpaired) electrons. The van der Waals surface area contributed by atoms with Crippen LogP contribution in [0, 0.1) is 6.92 Å². The molecule has 0 aliphatic rings. The lowest BCUT2D eigenvalue weighted by molar-refractivity contribution is 0.476. The maximum Gasteiger partial charge on any atom is 0.260 e. The lowest BCUT2D eigenvalue weighted by Gasteiger charge is -2.11. The van der Waals surface area contributed by atoms with Crippen LogP contribution in [-0.4, -0.2) is 24.9 Å². The van der Waals surface area contributed by atoms with E-state index in [-0.39, 0.29) is 11.3 Å². The molecule has 0 saturated carbocycles. The zero-order valence-electron chi connectivity index (χ0n) is 12.1. The molecule has 1 aromatic carbocycles. The van der Waals surface area contributed by atoms with Gasteiger partial charge in [0.1, 0.15) is 17.7 Å². The van der Waals surface area contributed by atoms with E-state index in [1.807, 2.05) is 0 Å². The Bertz CT molecular complexity index is 1060. The Morgan fingerprint density at radius 1 is 1.35 bits per heavy atom. The molecule has 0 spiro atoms. The van der Waals surface area contributed by atoms with Gasteiger partial charge in [0.05, 0.1) is 16.8 Å². The van der Waals surface area contributed by atoms with Crippen LogP contribution in [0.1, 0.15) is 5.89 Å². The van der Waals surface area contributed by atoms with Crippen LogP contribution >= 0.6 is 0 Å². The number of H-pyrrole nitrogens is 1. The van der Waals surface area contributed by atoms with Crippen LogP contribution in [0.15, 0.2) is 52.1 Å². The molecular weight excluding hydrogens is 296 g/mol. The molecule has 0 unspecified atom stereocenters. The summed E-state index contributed by atoms with van der Waals surface area (Å²) in [6.07, 6.45) is 4.78. The van der Waals surface area contributed by atoms with Crippen molar-refractivity contribution >= 4 is 10.9 Å². The molecule has 7 nitrogen and oxygen atoms in total. The van der Waals surface area contributed by atoms with Gasteiger partial charge in [-0.1, -0.05) is 0 Å². The molecule has 23 heavy (non-hydrogen) atoms. The lowest BCUT2D eigenvalue weighted by Crippen LogP contribution is -2.14. The lowest BCUT2D eigenvalue weighted by atomic mass is 10.1. The summed E-state index contributed by atoms with van der Waals surface area (Å²) in [6, 6.07) is 6.51. The van der Waals surface area contributed by atoms with Crippen molar-refractivity contribution < 1.29 is 9.52 Å². The zero-order valence-corrected chi connectivity index (χ0v) is 12.1. The highest BCUT2D eigenvalue weighted by Gasteiger charge is 2.19. The average molecular weight is 308 g/mol. The van der Waals surface area contributed by atoms with Crippen LogP contribution in [0.2, 0.25) is 0 Å². The number of aryl methyl sites for hydroxylation is 1. The molecule has 2 N–H and O–H groups in total. The van der Waals surface area contributed by atoms with Crippen LogP contribution in [0.3, 0.4) is 0 Å². The first kappa shape index (κ1) is 13.3. The van der Waals surface area contributed by atoms with Crippen LogP contribution < -0.4 is 5.56 Å². The predicted octanol–water partition coefficient (Wildman–Crippen LogP) is 2.38. The minimum Gasteiger partial charge on any atom is -0.508 e. The highest BCUT2D eigenvalue weighted by molar-refractivity contribution is 5.94. The quantitative estimate of drug-likeness (QED) is 0.592. The second-order valence-electron chi connectivity index (χ2n) is 5.11. The standard InChI is InChI=1S/C16H12N4O3/c1-9-18-13(8-23-9)14-15(20-6-2-5-17-20)11-7-10(21)3-4-12(11)19-16(14)22/h2-8,21H,1H3,(H,19,22). The number of nitrogens with one attached hydrogen (secondary N) is 1. The average Bonchev–Trinajstić information content (AvgIpc) is 3.18. The largest absolute Gasteiger partial charge is 0.508 e. The van der Waals surface area contributed by atoms with Crippen molar-refractivity contribution in [3.63, 3.8) is 0 Å². The number of pyridine rings is 1. The van der Waals surface area contributed by atoms with Gasteiger partial charge in [0.15, 0.2) is 5.89 Å². The number of aromatic nitrogens is 4. The number of fused-ring (bicyclic) bond motifs is 1. The molecule has 0 aliphatic carbocycles. The minimum absolute atomic E-state index is 0.0974. The molecule has 0 aliphatic heterocycles. The highest BCUT2D eigenvalue weighted by atomic mass is 16.3. The molecule has 0 saturated heterocycles. The molecule has 3 aromatic heterocycles. The van der Waals surface area contributed by atoms with Gasteiger partial charge in [0, 0.05) is 24.7 Å². The summed E-state index contributed by atoms with van der Waals surface area (Å²) in [5.74, 6) is 0.557. The number of phenolic OH excluding ortho intramolecular Hbond substituents is 1. The maximum atomic E-state index is 12.6. The van der Waals surface area contributed by atoms with E-state index in [2.05, 4.69) is 15.1 Å². The first-order valence-electron chi connectivity index (χ1n) is 6.95. The smallest absolute Gasteiger partial charge is 0.260 e. The first-order valence-corrected chi connectivity index (χ1v) is 6.95. The second kappa shape index (κ2) is 4.84. The topological polar surface area (TPSA) is 96.9 Å². The van der Waals surface area contributed by atoms with Gasteiger partial charge >= 0.3 is 0 Å². The van der Waals surface area contributed by atoms with E-state index in [0.29, 0.717) is 33.7 Å². The van der Waals surface area contributed by atoms with E-state index in [1.165, 1.54) is 12.3 Å². The normalized spacial score (nSPS) is 11.2. The van der Waals surface area contributed by atoms with Gasteiger partial charge in [-0.15, -0.1) is 0 Å². The summed E-state index contributed by atoms with van der Waals surface area (Å²) < 4.78 is 6.82. The third kappa shape index (κ3) is 2.10. The summed E-state index contributed by atoms with van der Waals surface area (Å²) in [7, 11) is 0. The number of hydrogen-bond acceptors (Lipinski definition) is 5. The SMILES string of the molecule is Cc1nc(-c2c(-n3cccn3)c3cc(O)ccc3[nH]c2=O)co1. The van der Waals surface area contributed by atoms with Gasteiger partial charge in [-0.05, 0) is 24.3 Å². The molecular formula is C16H12N4O3. The third-order valence-electron chi connectivity index (χ3n) is 3.58. The van der Waals surface area contributed by atoms with Gasteiger partial charge in [0.25, 0.3) is 5.56 Å². The second-order valence-corrected chi connectivity index (χ2v) is 5.11. The minimum atomic E-state index is -0.304. The Morgan fingerprint density at radius 3 is 2.91 bits per heavy atom. The van der Waals surface area contributed by atoms with E-state index < -0.39 is 0 Å². The fourth-order valence-corrected chi connectivity index (χ4v) is 2.62. The highest BCUT2D eigenvalue weighted by Crippen LogP contribution is 2.30. The summed E-state index contributed by atoms with van der Waals surface area (Å²) in [5.41, 5.74) is 1.59. The van der Waals surface area contributed by atoms with E-state index in [4.69, 9.17) is 4.42 Å². The van der Waals surface area contributed by atoms with E-state index in [1.54, 1.807) is 42.2 Å². The Morgan fingerprint density at radius 2 is 2.22 bits per heavy atom. The molecule has 0 fully saturated rings. The number of benzene rings is 1. The molecule has 0 bridgehead atoms. The van der Waals surface area contributed by atoms with Crippen LogP contribution in [0.5, 0.6) is 5.75 Å². The molecule has 4 aromatic rings. The third-order valence-corrected chi connectivity index (χ3v) is 3.58. The van der Waals surface area contributed by atoms with Gasteiger partial charge in [0.2, 0.25) is 0 Å². The van der Waals surface area contributed by atoms with Gasteiger partial charge in [-0.3, -0.25) is 4.79 Å². The van der Waals surface area contributed by atoms with Crippen molar-refractivity contribution in [2.45, 2.75) is 6.92 Å². The van der Waals surface area contributed by atoms with E-state index in [0.717, 1.165) is 0 Å². The van der Waals surface area contributed by atoms with Crippen LogP contribution in [-0.2, 0) is 0 Å². The van der Waals surface area contributed by atoms with Crippen molar-refractivity contribution in [2.24, 2.45) is 0 Å². The van der Waals surface area contributed by atoms with Crippen molar-refractivity contribution in [3.05, 3.63) is 59.2 Å². The fraction of sp³-hybridized carbons (Fsp3) is 0.0625. The first-order chi connectivity index (χ1) is 11.1. The number of phenols is 1. The van der Waals surface area contributed by atoms with Crippen molar-refractivity contribution in [1.29, 1.82) is 0 Å². The number of oxazole rings is 1. The molecule has 114 valence electrons. The summed E-state index contributed by atoms with van der Waals surface area (Å²) in [5, 5.41) is 14.7. The maximum absolute atomic E-state index is 12.6. The number of aromatic amines is 1. The van der Waals surface area contributed by atoms with Crippen LogP contribution in [0.25, 0.3) is 27.8 Å². The number of rotatable bonds is 2. The molecule has 7 heteroatoms. The summed E-state index contributed by atoms with van der Waals surface area (Å²) in [6.45, 7) is 1.71. The van der Waals surface area contributed by atoms with E-state index in [9.17, 15) is 9.90 Å². The Hall–Kier alpha value is -3.35. The van der Waals surface area contributed by atoms with Crippen LogP contribution in [0.4, 0.5) is 0 Å². The monoisotopic (exact) mass is 308 g/mol. The van der Waals surface area contributed by atoms with Gasteiger partial charge in [-0.25, -0.2) is 9.67 Å². The fourth-order valence-electron chi connectivity index (χ4n) is 2.62. The van der Waals surface area contributed by atoms with Gasteiger partial charge < -0.3 is 14.5 Å². The molecule has 3 heterocycles. The molecule has 4 rings (SSSR count). The Kier molecular flexibility index (Phi) is 2.80. The zero-order chi connectivity index (χ0) is 16.0. The Balaban J connectivity index is 2.19. The number of hydrogen-bond donors (Lipinski definition) is 2. The number of aromatic hydroxyl groups is 1. The molecule has 0 atom stereocenters. The molecule has 0 amide bonds. The van der Waals surface area contributed by atoms with Crippen molar-refractivity contribution in [3.8, 4) is 22.7 Å². The summed E-state index contributed by atoms with van der Waals surface area (Å²) in [4.78, 5) is 19.7. The predicted molar refractivity (Wildman–Crippen MR) is 83.6 cm³/mol. The Labute approximate surface area is 129 Å². The van der Waals surface area contributed by atoms with Crippen molar-refractivity contribution in [1.82, 2.24) is 19.7 Å². The van der Waals surface area contributed by atoms with Gasteiger partial charge in [-0.2, -0.15) is 5.10 Å². The van der Waals surface area contributed by atoms with E-state index >= 15 is 0 Å². The number of nitrogens with zero attached hydrogens (tertiary/aromatic N) is 3.